The first-order valence-electron chi connectivity index (χ1n) is 6.08. The molecular weight excluding hydrogens is 296 g/mol. The number of imidazole rings is 1. The Hall–Kier alpha value is -1.14. The number of nitrogens with zero attached hydrogens (tertiary/aromatic N) is 3. The number of methoxy groups -OCH3 is 1. The van der Waals surface area contributed by atoms with Crippen molar-refractivity contribution in [1.29, 1.82) is 0 Å². The Morgan fingerprint density at radius 3 is 2.94 bits per heavy atom. The van der Waals surface area contributed by atoms with E-state index in [0.717, 1.165) is 41.9 Å². The van der Waals surface area contributed by atoms with Gasteiger partial charge in [0.1, 0.15) is 15.9 Å². The summed E-state index contributed by atoms with van der Waals surface area (Å²) in [6.07, 6.45) is 5.95. The van der Waals surface area contributed by atoms with E-state index in [1.54, 1.807) is 13.3 Å². The van der Waals surface area contributed by atoms with Crippen LogP contribution in [0.4, 0.5) is 0 Å². The van der Waals surface area contributed by atoms with E-state index >= 15 is 0 Å². The minimum Gasteiger partial charge on any atom is -0.479 e. The smallest absolute Gasteiger partial charge is 0.240 e. The Labute approximate surface area is 114 Å². The van der Waals surface area contributed by atoms with Crippen molar-refractivity contribution < 1.29 is 4.74 Å². The molecule has 0 saturated carbocycles. The van der Waals surface area contributed by atoms with Gasteiger partial charge in [-0.3, -0.25) is 4.40 Å². The molecule has 0 radical (unpaired) electrons. The SMILES string of the molecule is COc1nccn2c(C3CCNCC3)nc(Br)c12. The van der Waals surface area contributed by atoms with E-state index in [0.29, 0.717) is 11.8 Å². The number of fused-ring (bicyclic) bond motifs is 1. The van der Waals surface area contributed by atoms with Crippen LogP contribution in [0.2, 0.25) is 0 Å². The van der Waals surface area contributed by atoms with Gasteiger partial charge in [-0.15, -0.1) is 0 Å². The van der Waals surface area contributed by atoms with Crippen LogP contribution in [-0.4, -0.2) is 34.6 Å². The van der Waals surface area contributed by atoms with Crippen molar-refractivity contribution in [2.24, 2.45) is 0 Å². The van der Waals surface area contributed by atoms with Crippen molar-refractivity contribution in [3.8, 4) is 5.88 Å². The molecule has 5 nitrogen and oxygen atoms in total. The van der Waals surface area contributed by atoms with Crippen LogP contribution in [0.25, 0.3) is 5.52 Å². The molecule has 0 spiro atoms. The lowest BCUT2D eigenvalue weighted by Crippen LogP contribution is -2.27. The van der Waals surface area contributed by atoms with E-state index < -0.39 is 0 Å². The minimum absolute atomic E-state index is 0.497. The summed E-state index contributed by atoms with van der Waals surface area (Å²) in [5.74, 6) is 2.20. The largest absolute Gasteiger partial charge is 0.479 e. The highest BCUT2D eigenvalue weighted by Gasteiger charge is 2.23. The second-order valence-electron chi connectivity index (χ2n) is 4.44. The Kier molecular flexibility index (Phi) is 3.22. The molecular formula is C12H15BrN4O. The van der Waals surface area contributed by atoms with Crippen molar-refractivity contribution in [3.05, 3.63) is 22.8 Å². The van der Waals surface area contributed by atoms with Crippen molar-refractivity contribution in [1.82, 2.24) is 19.7 Å². The zero-order valence-electron chi connectivity index (χ0n) is 10.2. The predicted octanol–water partition coefficient (Wildman–Crippen LogP) is 1.97. The van der Waals surface area contributed by atoms with Crippen LogP contribution in [0.3, 0.4) is 0 Å². The molecule has 96 valence electrons. The van der Waals surface area contributed by atoms with E-state index in [2.05, 4.69) is 35.6 Å². The second kappa shape index (κ2) is 4.85. The third kappa shape index (κ3) is 1.89. The van der Waals surface area contributed by atoms with Gasteiger partial charge >= 0.3 is 0 Å². The number of aromatic nitrogens is 3. The number of hydrogen-bond acceptors (Lipinski definition) is 4. The van der Waals surface area contributed by atoms with Crippen LogP contribution >= 0.6 is 15.9 Å². The number of piperidine rings is 1. The summed E-state index contributed by atoms with van der Waals surface area (Å²) in [5.41, 5.74) is 0.911. The molecule has 18 heavy (non-hydrogen) atoms. The molecule has 6 heteroatoms. The van der Waals surface area contributed by atoms with Gasteiger partial charge in [0.05, 0.1) is 7.11 Å². The first-order valence-corrected chi connectivity index (χ1v) is 6.87. The summed E-state index contributed by atoms with van der Waals surface area (Å²) in [6, 6.07) is 0. The molecule has 0 aliphatic carbocycles. The van der Waals surface area contributed by atoms with Gasteiger partial charge in [-0.2, -0.15) is 0 Å². The molecule has 1 saturated heterocycles. The minimum atomic E-state index is 0.497. The van der Waals surface area contributed by atoms with E-state index in [9.17, 15) is 0 Å². The maximum Gasteiger partial charge on any atom is 0.240 e. The van der Waals surface area contributed by atoms with Crippen LogP contribution in [0, 0.1) is 0 Å². The van der Waals surface area contributed by atoms with Crippen LogP contribution in [0.1, 0.15) is 24.6 Å². The molecule has 1 aliphatic heterocycles. The van der Waals surface area contributed by atoms with Crippen LogP contribution in [0.15, 0.2) is 17.0 Å². The fourth-order valence-electron chi connectivity index (χ4n) is 2.51. The van der Waals surface area contributed by atoms with Gasteiger partial charge in [0.25, 0.3) is 0 Å². The summed E-state index contributed by atoms with van der Waals surface area (Å²) < 4.78 is 8.19. The van der Waals surface area contributed by atoms with Gasteiger partial charge in [-0.1, -0.05) is 0 Å². The maximum atomic E-state index is 5.29. The number of rotatable bonds is 2. The third-order valence-electron chi connectivity index (χ3n) is 3.40. The molecule has 0 unspecified atom stereocenters. The Balaban J connectivity index is 2.12. The van der Waals surface area contributed by atoms with Gasteiger partial charge in [0, 0.05) is 18.3 Å². The topological polar surface area (TPSA) is 51.5 Å². The lowest BCUT2D eigenvalue weighted by Gasteiger charge is -2.21. The average Bonchev–Trinajstić information content (AvgIpc) is 2.77. The number of nitrogens with one attached hydrogen (secondary N) is 1. The van der Waals surface area contributed by atoms with E-state index in [1.165, 1.54) is 0 Å². The highest BCUT2D eigenvalue weighted by molar-refractivity contribution is 9.10. The number of ether oxygens (including phenoxy) is 1. The highest BCUT2D eigenvalue weighted by atomic mass is 79.9. The molecule has 1 aliphatic rings. The quantitative estimate of drug-likeness (QED) is 0.921. The van der Waals surface area contributed by atoms with E-state index in [4.69, 9.17) is 4.74 Å². The molecule has 1 fully saturated rings. The first kappa shape index (κ1) is 11.9. The lowest BCUT2D eigenvalue weighted by atomic mass is 9.97. The number of hydrogen-bond donors (Lipinski definition) is 1. The highest BCUT2D eigenvalue weighted by Crippen LogP contribution is 2.32. The van der Waals surface area contributed by atoms with E-state index in [-0.39, 0.29) is 0 Å². The Morgan fingerprint density at radius 1 is 1.44 bits per heavy atom. The van der Waals surface area contributed by atoms with Gasteiger partial charge in [-0.25, -0.2) is 9.97 Å². The van der Waals surface area contributed by atoms with Crippen LogP contribution < -0.4 is 10.1 Å². The lowest BCUT2D eigenvalue weighted by molar-refractivity contribution is 0.400. The summed E-state index contributed by atoms with van der Waals surface area (Å²) in [7, 11) is 1.63. The zero-order chi connectivity index (χ0) is 12.5. The maximum absolute atomic E-state index is 5.29. The molecule has 0 atom stereocenters. The average molecular weight is 311 g/mol. The second-order valence-corrected chi connectivity index (χ2v) is 5.19. The van der Waals surface area contributed by atoms with Gasteiger partial charge in [0.2, 0.25) is 5.88 Å². The molecule has 0 amide bonds. The standard InChI is InChI=1S/C12H15BrN4O/c1-18-12-9-10(13)16-11(17(9)7-6-15-12)8-2-4-14-5-3-8/h6-8,14H,2-5H2,1H3. The van der Waals surface area contributed by atoms with Gasteiger partial charge in [0.15, 0.2) is 0 Å². The fraction of sp³-hybridized carbons (Fsp3) is 0.500. The monoisotopic (exact) mass is 310 g/mol. The molecule has 2 aromatic rings. The fourth-order valence-corrected chi connectivity index (χ4v) is 3.05. The number of halogens is 1. The normalized spacial score (nSPS) is 17.2. The molecule has 2 aromatic heterocycles. The third-order valence-corrected chi connectivity index (χ3v) is 3.96. The van der Waals surface area contributed by atoms with Crippen molar-refractivity contribution in [2.45, 2.75) is 18.8 Å². The zero-order valence-corrected chi connectivity index (χ0v) is 11.8. The summed E-state index contributed by atoms with van der Waals surface area (Å²) >= 11 is 3.51. The van der Waals surface area contributed by atoms with Crippen molar-refractivity contribution in [3.63, 3.8) is 0 Å². The predicted molar refractivity (Wildman–Crippen MR) is 72.1 cm³/mol. The summed E-state index contributed by atoms with van der Waals surface area (Å²) in [4.78, 5) is 8.87. The van der Waals surface area contributed by atoms with Crippen LogP contribution in [-0.2, 0) is 0 Å². The van der Waals surface area contributed by atoms with Crippen molar-refractivity contribution >= 4 is 21.4 Å². The van der Waals surface area contributed by atoms with Gasteiger partial charge in [-0.05, 0) is 41.9 Å². The molecule has 3 heterocycles. The molecule has 1 N–H and O–H groups in total. The summed E-state index contributed by atoms with van der Waals surface area (Å²) in [5, 5.41) is 3.38. The van der Waals surface area contributed by atoms with Gasteiger partial charge < -0.3 is 10.1 Å². The van der Waals surface area contributed by atoms with E-state index in [1.807, 2.05) is 6.20 Å². The summed E-state index contributed by atoms with van der Waals surface area (Å²) in [6.45, 7) is 2.11. The Morgan fingerprint density at radius 2 is 2.22 bits per heavy atom. The van der Waals surface area contributed by atoms with Crippen molar-refractivity contribution in [2.75, 3.05) is 20.2 Å². The Bertz CT molecular complexity index is 562. The molecule has 0 bridgehead atoms. The van der Waals surface area contributed by atoms with Crippen LogP contribution in [0.5, 0.6) is 5.88 Å². The molecule has 0 aromatic carbocycles. The first-order chi connectivity index (χ1) is 8.81. The molecule has 3 rings (SSSR count).